The molecule has 4 N–H and O–H groups in total. The van der Waals surface area contributed by atoms with Gasteiger partial charge in [0.25, 0.3) is 0 Å². The van der Waals surface area contributed by atoms with E-state index in [-0.39, 0.29) is 0 Å². The van der Waals surface area contributed by atoms with Crippen LogP contribution in [-0.2, 0) is 11.2 Å². The number of imidazole rings is 1. The van der Waals surface area contributed by atoms with Gasteiger partial charge in [0.1, 0.15) is 11.6 Å². The molecule has 7 nitrogen and oxygen atoms in total. The predicted molar refractivity (Wildman–Crippen MR) is 102 cm³/mol. The van der Waals surface area contributed by atoms with E-state index in [1.165, 1.54) is 11.1 Å². The Morgan fingerprint density at radius 2 is 2.15 bits per heavy atom. The molecule has 2 aromatic heterocycles. The van der Waals surface area contributed by atoms with Gasteiger partial charge >= 0.3 is 0 Å². The number of hydrogen-bond donors (Lipinski definition) is 3. The SMILES string of the molecule is Cc1ccc2[nH]c(CCNc3cc(C4CCOC4)nc(N)n3)nc2c1C. The van der Waals surface area contributed by atoms with Gasteiger partial charge in [-0.3, -0.25) is 0 Å². The number of nitrogens with one attached hydrogen (secondary N) is 2. The van der Waals surface area contributed by atoms with E-state index in [2.05, 4.69) is 46.2 Å². The molecule has 7 heteroatoms. The van der Waals surface area contributed by atoms with Gasteiger partial charge in [-0.1, -0.05) is 6.07 Å². The molecule has 1 aliphatic rings. The second-order valence-corrected chi connectivity index (χ2v) is 6.86. The van der Waals surface area contributed by atoms with E-state index in [1.807, 2.05) is 6.07 Å². The van der Waals surface area contributed by atoms with Crippen molar-refractivity contribution in [3.05, 3.63) is 40.8 Å². The molecule has 3 heterocycles. The fourth-order valence-corrected chi connectivity index (χ4v) is 3.34. The van der Waals surface area contributed by atoms with Crippen molar-refractivity contribution in [2.75, 3.05) is 30.8 Å². The van der Waals surface area contributed by atoms with Crippen molar-refractivity contribution in [2.24, 2.45) is 0 Å². The summed E-state index contributed by atoms with van der Waals surface area (Å²) in [6, 6.07) is 6.18. The van der Waals surface area contributed by atoms with E-state index in [4.69, 9.17) is 15.5 Å². The zero-order valence-corrected chi connectivity index (χ0v) is 15.2. The van der Waals surface area contributed by atoms with Crippen LogP contribution in [0.25, 0.3) is 11.0 Å². The van der Waals surface area contributed by atoms with Crippen molar-refractivity contribution in [3.8, 4) is 0 Å². The second-order valence-electron chi connectivity index (χ2n) is 6.86. The highest BCUT2D eigenvalue weighted by Crippen LogP contribution is 2.25. The maximum atomic E-state index is 5.87. The molecule has 0 aliphatic carbocycles. The van der Waals surface area contributed by atoms with Gasteiger partial charge in [0.15, 0.2) is 0 Å². The van der Waals surface area contributed by atoms with Crippen molar-refractivity contribution in [1.82, 2.24) is 19.9 Å². The summed E-state index contributed by atoms with van der Waals surface area (Å²) in [5.41, 5.74) is 11.4. The van der Waals surface area contributed by atoms with Gasteiger partial charge in [-0.15, -0.1) is 0 Å². The molecule has 26 heavy (non-hydrogen) atoms. The highest BCUT2D eigenvalue weighted by Gasteiger charge is 2.20. The topological polar surface area (TPSA) is 102 Å². The van der Waals surface area contributed by atoms with Crippen LogP contribution in [0.5, 0.6) is 0 Å². The van der Waals surface area contributed by atoms with Crippen LogP contribution >= 0.6 is 0 Å². The molecule has 3 aromatic rings. The summed E-state index contributed by atoms with van der Waals surface area (Å²) < 4.78 is 5.44. The minimum Gasteiger partial charge on any atom is -0.381 e. The standard InChI is InChI=1S/C19H24N6O/c1-11-3-4-14-18(12(11)2)24-16(22-14)5-7-21-17-9-15(23-19(20)25-17)13-6-8-26-10-13/h3-4,9,13H,5-8,10H2,1-2H3,(H,22,24)(H3,20,21,23,25). The zero-order chi connectivity index (χ0) is 18.1. The molecule has 0 radical (unpaired) electrons. The van der Waals surface area contributed by atoms with E-state index >= 15 is 0 Å². The lowest BCUT2D eigenvalue weighted by atomic mass is 10.0. The molecule has 0 spiro atoms. The number of hydrogen-bond acceptors (Lipinski definition) is 6. The number of aromatic nitrogens is 4. The van der Waals surface area contributed by atoms with Crippen molar-refractivity contribution < 1.29 is 4.74 Å². The average Bonchev–Trinajstić information content (AvgIpc) is 3.28. The van der Waals surface area contributed by atoms with Crippen molar-refractivity contribution in [3.63, 3.8) is 0 Å². The summed E-state index contributed by atoms with van der Waals surface area (Å²) in [5.74, 6) is 2.32. The minimum atomic E-state index is 0.298. The lowest BCUT2D eigenvalue weighted by molar-refractivity contribution is 0.193. The van der Waals surface area contributed by atoms with Gasteiger partial charge in [0.05, 0.1) is 23.3 Å². The third-order valence-electron chi connectivity index (χ3n) is 5.01. The first-order valence-electron chi connectivity index (χ1n) is 9.01. The quantitative estimate of drug-likeness (QED) is 0.652. The molecular weight excluding hydrogens is 328 g/mol. The highest BCUT2D eigenvalue weighted by atomic mass is 16.5. The number of rotatable bonds is 5. The second kappa shape index (κ2) is 6.92. The Morgan fingerprint density at radius 3 is 2.96 bits per heavy atom. The summed E-state index contributed by atoms with van der Waals surface area (Å²) in [4.78, 5) is 16.8. The normalized spacial score (nSPS) is 17.1. The van der Waals surface area contributed by atoms with Gasteiger partial charge < -0.3 is 20.8 Å². The Hall–Kier alpha value is -2.67. The van der Waals surface area contributed by atoms with Gasteiger partial charge in [-0.05, 0) is 37.5 Å². The van der Waals surface area contributed by atoms with Gasteiger partial charge in [-0.2, -0.15) is 4.98 Å². The zero-order valence-electron chi connectivity index (χ0n) is 15.2. The Morgan fingerprint density at radius 1 is 1.27 bits per heavy atom. The molecule has 1 saturated heterocycles. The number of fused-ring (bicyclic) bond motifs is 1. The first-order chi connectivity index (χ1) is 12.6. The summed E-state index contributed by atoms with van der Waals surface area (Å²) >= 11 is 0. The number of aryl methyl sites for hydroxylation is 2. The van der Waals surface area contributed by atoms with Gasteiger partial charge in [0.2, 0.25) is 5.95 Å². The Bertz CT molecular complexity index is 929. The van der Waals surface area contributed by atoms with Crippen LogP contribution in [0.1, 0.15) is 35.0 Å². The Balaban J connectivity index is 1.44. The van der Waals surface area contributed by atoms with Gasteiger partial charge in [-0.25, -0.2) is 9.97 Å². The van der Waals surface area contributed by atoms with Crippen LogP contribution in [0, 0.1) is 13.8 Å². The number of nitrogens with two attached hydrogens (primary N) is 1. The lowest BCUT2D eigenvalue weighted by Gasteiger charge is -2.11. The fraction of sp³-hybridized carbons (Fsp3) is 0.421. The third-order valence-corrected chi connectivity index (χ3v) is 5.01. The number of aromatic amines is 1. The number of benzene rings is 1. The highest BCUT2D eigenvalue weighted by molar-refractivity contribution is 5.79. The summed E-state index contributed by atoms with van der Waals surface area (Å²) in [6.45, 7) is 6.42. The molecular formula is C19H24N6O. The number of nitrogens with zero attached hydrogens (tertiary/aromatic N) is 3. The Kier molecular flexibility index (Phi) is 4.46. The molecule has 1 aromatic carbocycles. The molecule has 136 valence electrons. The number of H-pyrrole nitrogens is 1. The van der Waals surface area contributed by atoms with E-state index in [9.17, 15) is 0 Å². The average molecular weight is 352 g/mol. The molecule has 0 saturated carbocycles. The first kappa shape index (κ1) is 16.8. The molecule has 4 rings (SSSR count). The van der Waals surface area contributed by atoms with E-state index in [0.29, 0.717) is 18.5 Å². The fourth-order valence-electron chi connectivity index (χ4n) is 3.34. The maximum Gasteiger partial charge on any atom is 0.222 e. The van der Waals surface area contributed by atoms with Crippen molar-refractivity contribution in [2.45, 2.75) is 32.6 Å². The van der Waals surface area contributed by atoms with Crippen LogP contribution in [0.15, 0.2) is 18.2 Å². The lowest BCUT2D eigenvalue weighted by Crippen LogP contribution is -2.11. The van der Waals surface area contributed by atoms with E-state index < -0.39 is 0 Å². The first-order valence-corrected chi connectivity index (χ1v) is 9.01. The van der Waals surface area contributed by atoms with E-state index in [1.54, 1.807) is 0 Å². The Labute approximate surface area is 152 Å². The van der Waals surface area contributed by atoms with Crippen LogP contribution in [0.3, 0.4) is 0 Å². The smallest absolute Gasteiger partial charge is 0.222 e. The predicted octanol–water partition coefficient (Wildman–Crippen LogP) is 2.71. The molecule has 0 amide bonds. The summed E-state index contributed by atoms with van der Waals surface area (Å²) in [6.07, 6.45) is 1.76. The van der Waals surface area contributed by atoms with Gasteiger partial charge in [0, 0.05) is 31.6 Å². The van der Waals surface area contributed by atoms with Crippen molar-refractivity contribution in [1.29, 1.82) is 0 Å². The largest absolute Gasteiger partial charge is 0.381 e. The van der Waals surface area contributed by atoms with Crippen molar-refractivity contribution >= 4 is 22.8 Å². The molecule has 0 bridgehead atoms. The number of nitrogen functional groups attached to an aromatic ring is 1. The third kappa shape index (κ3) is 3.35. The molecule has 1 unspecified atom stereocenters. The van der Waals surface area contributed by atoms with Crippen LogP contribution in [0.4, 0.5) is 11.8 Å². The molecule has 1 fully saturated rings. The summed E-state index contributed by atoms with van der Waals surface area (Å²) in [5, 5.41) is 3.34. The molecule has 1 atom stereocenters. The summed E-state index contributed by atoms with van der Waals surface area (Å²) in [7, 11) is 0. The maximum absolute atomic E-state index is 5.87. The number of ether oxygens (including phenoxy) is 1. The minimum absolute atomic E-state index is 0.298. The number of anilines is 2. The van der Waals surface area contributed by atoms with Crippen LogP contribution in [-0.4, -0.2) is 39.7 Å². The van der Waals surface area contributed by atoms with Crippen LogP contribution in [0.2, 0.25) is 0 Å². The monoisotopic (exact) mass is 352 g/mol. The molecule has 1 aliphatic heterocycles. The van der Waals surface area contributed by atoms with E-state index in [0.717, 1.165) is 54.4 Å². The van der Waals surface area contributed by atoms with Crippen LogP contribution < -0.4 is 11.1 Å².